The summed E-state index contributed by atoms with van der Waals surface area (Å²) < 4.78 is 34.9. The average Bonchev–Trinajstić information content (AvgIpc) is 2.87. The van der Waals surface area contributed by atoms with Crippen LogP contribution in [0.5, 0.6) is 28.7 Å². The number of cyclic esters (lactones) is 2. The summed E-state index contributed by atoms with van der Waals surface area (Å²) in [7, 11) is 8.93. The maximum absolute atomic E-state index is 15.0. The molecular formula is C70H83N5O16. The number of hydrogen-bond acceptors (Lipinski definition) is 16. The number of hydrogen-bond donors (Lipinski definition) is 2. The van der Waals surface area contributed by atoms with Crippen LogP contribution >= 0.6 is 0 Å². The van der Waals surface area contributed by atoms with Crippen LogP contribution in [0.1, 0.15) is 86.3 Å². The van der Waals surface area contributed by atoms with E-state index in [2.05, 4.69) is 5.32 Å². The van der Waals surface area contributed by atoms with E-state index in [0.717, 1.165) is 22.8 Å². The molecule has 0 saturated carbocycles. The Morgan fingerprint density at radius 3 is 1.97 bits per heavy atom. The highest BCUT2D eigenvalue weighted by molar-refractivity contribution is 6.38. The van der Waals surface area contributed by atoms with E-state index in [1.54, 1.807) is 79.8 Å². The van der Waals surface area contributed by atoms with Crippen molar-refractivity contribution in [2.45, 2.75) is 102 Å². The van der Waals surface area contributed by atoms with Gasteiger partial charge in [-0.3, -0.25) is 33.6 Å². The molecule has 0 radical (unpaired) electrons. The fraction of sp³-hybridized carbons (Fsp3) is 0.414. The molecule has 5 aromatic rings. The fourth-order valence-electron chi connectivity index (χ4n) is 11.1. The average molecular weight is 1250 g/mol. The van der Waals surface area contributed by atoms with E-state index >= 15 is 0 Å². The Bertz CT molecular complexity index is 3370. The van der Waals surface area contributed by atoms with Gasteiger partial charge in [-0.25, -0.2) is 9.59 Å². The van der Waals surface area contributed by atoms with Gasteiger partial charge in [0.1, 0.15) is 36.3 Å². The summed E-state index contributed by atoms with van der Waals surface area (Å²) >= 11 is 0. The fourth-order valence-corrected chi connectivity index (χ4v) is 11.1. The maximum Gasteiger partial charge on any atom is 0.330 e. The lowest BCUT2D eigenvalue weighted by Crippen LogP contribution is -2.53. The van der Waals surface area contributed by atoms with E-state index in [1.807, 2.05) is 36.4 Å². The van der Waals surface area contributed by atoms with Crippen molar-refractivity contribution in [1.29, 1.82) is 0 Å². The van der Waals surface area contributed by atoms with Gasteiger partial charge in [0.15, 0.2) is 23.9 Å². The minimum atomic E-state index is -1.52. The first-order valence-corrected chi connectivity index (χ1v) is 30.4. The van der Waals surface area contributed by atoms with Crippen molar-refractivity contribution < 1.29 is 76.7 Å². The Labute approximate surface area is 531 Å². The van der Waals surface area contributed by atoms with Gasteiger partial charge >= 0.3 is 11.9 Å². The summed E-state index contributed by atoms with van der Waals surface area (Å²) in [5.74, 6) is -5.76. The van der Waals surface area contributed by atoms with Crippen LogP contribution in [0.25, 0.3) is 0 Å². The van der Waals surface area contributed by atoms with Crippen LogP contribution in [0.3, 0.4) is 0 Å². The molecular weight excluding hydrogens is 1170 g/mol. The first kappa shape index (κ1) is 69.0. The molecule has 5 amide bonds. The van der Waals surface area contributed by atoms with Gasteiger partial charge in [0, 0.05) is 59.1 Å². The number of esters is 2. The highest BCUT2D eigenvalue weighted by Gasteiger charge is 2.43. The highest BCUT2D eigenvalue weighted by atomic mass is 16.6. The summed E-state index contributed by atoms with van der Waals surface area (Å²) in [5.41, 5.74) is 1.76. The molecule has 2 heterocycles. The zero-order chi connectivity index (χ0) is 65.8. The van der Waals surface area contributed by atoms with E-state index in [1.165, 1.54) is 87.1 Å². The number of ketones is 2. The molecule has 2 bridgehead atoms. The quantitative estimate of drug-likeness (QED) is 0.0939. The Morgan fingerprint density at radius 1 is 0.670 bits per heavy atom. The van der Waals surface area contributed by atoms with Crippen molar-refractivity contribution in [3.05, 3.63) is 161 Å². The van der Waals surface area contributed by atoms with Gasteiger partial charge in [0.05, 0.1) is 39.3 Å². The third-order valence-electron chi connectivity index (χ3n) is 16.3. The van der Waals surface area contributed by atoms with Crippen molar-refractivity contribution in [2.75, 3.05) is 75.3 Å². The number of nitrogens with one attached hydrogen (secondary N) is 1. The third kappa shape index (κ3) is 19.2. The smallest absolute Gasteiger partial charge is 0.330 e. The maximum atomic E-state index is 15.0. The molecule has 7 rings (SSSR count). The van der Waals surface area contributed by atoms with Gasteiger partial charge in [-0.1, -0.05) is 91.0 Å². The molecule has 2 aliphatic heterocycles. The molecule has 1 fully saturated rings. The van der Waals surface area contributed by atoms with Gasteiger partial charge in [0.25, 0.3) is 11.8 Å². The number of carbonyl (C=O) groups is 9. The van der Waals surface area contributed by atoms with Crippen LogP contribution in [-0.2, 0) is 78.3 Å². The lowest BCUT2D eigenvalue weighted by molar-refractivity contribution is -0.165. The van der Waals surface area contributed by atoms with E-state index in [9.17, 15) is 48.3 Å². The Morgan fingerprint density at radius 2 is 1.32 bits per heavy atom. The molecule has 1 saturated heterocycles. The predicted octanol–water partition coefficient (Wildman–Crippen LogP) is 7.03. The number of piperidine rings is 1. The van der Waals surface area contributed by atoms with Crippen molar-refractivity contribution in [3.8, 4) is 28.7 Å². The number of phenols is 1. The molecule has 91 heavy (non-hydrogen) atoms. The molecule has 2 N–H and O–H groups in total. The number of methoxy groups -OCH3 is 3. The summed E-state index contributed by atoms with van der Waals surface area (Å²) in [5, 5.41) is 13.0. The zero-order valence-electron chi connectivity index (χ0n) is 53.1. The Hall–Kier alpha value is -9.53. The summed E-state index contributed by atoms with van der Waals surface area (Å²) in [6, 6.07) is 31.1. The van der Waals surface area contributed by atoms with Crippen molar-refractivity contribution in [1.82, 2.24) is 24.9 Å². The number of amides is 5. The second-order valence-corrected chi connectivity index (χ2v) is 23.6. The molecule has 21 heteroatoms. The first-order valence-electron chi connectivity index (χ1n) is 30.4. The zero-order valence-corrected chi connectivity index (χ0v) is 53.1. The van der Waals surface area contributed by atoms with Gasteiger partial charge in [-0.05, 0) is 129 Å². The van der Waals surface area contributed by atoms with E-state index in [0.29, 0.717) is 47.6 Å². The van der Waals surface area contributed by atoms with Crippen molar-refractivity contribution in [3.63, 3.8) is 0 Å². The number of aryl methyl sites for hydroxylation is 1. The lowest BCUT2D eigenvalue weighted by Gasteiger charge is -2.36. The lowest BCUT2D eigenvalue weighted by atomic mass is 9.87. The second-order valence-electron chi connectivity index (χ2n) is 23.6. The first-order chi connectivity index (χ1) is 43.6. The molecule has 2 aliphatic rings. The summed E-state index contributed by atoms with van der Waals surface area (Å²) in [4.78, 5) is 134. The predicted molar refractivity (Wildman–Crippen MR) is 337 cm³/mol. The van der Waals surface area contributed by atoms with Crippen LogP contribution in [-0.4, -0.2) is 171 Å². The summed E-state index contributed by atoms with van der Waals surface area (Å²) in [6.45, 7) is 1.60. The van der Waals surface area contributed by atoms with Crippen LogP contribution in [0, 0.1) is 11.3 Å². The minimum Gasteiger partial charge on any atom is -0.508 e. The van der Waals surface area contributed by atoms with Crippen molar-refractivity contribution >= 4 is 53.0 Å². The van der Waals surface area contributed by atoms with Gasteiger partial charge in [-0.2, -0.15) is 0 Å². The largest absolute Gasteiger partial charge is 0.508 e. The molecule has 0 spiro atoms. The number of Topliss-reactive ketones (excluding diaryl/α,β-unsaturated/α-hetero) is 2. The number of ether oxygens (including phenoxy) is 6. The Kier molecular flexibility index (Phi) is 24.9. The normalized spacial score (nSPS) is 21.0. The van der Waals surface area contributed by atoms with Gasteiger partial charge in [-0.15, -0.1) is 0 Å². The number of aromatic hydroxyl groups is 1. The molecule has 0 unspecified atom stereocenters. The SMILES string of the molecule is COc1cc(CC[C@H]2OC(=O)[C@@H]3CCCCN3C(=O)C(=O)C(C)(C)COC(=O)C=CCCN(C)C(=O)[C@@H](Cc3ccccc3)NC(=O)CN(C)C(=O)[C@@H](Cc3ccccc3)CC(=O)[C@H](Cc3ccc(O)cc3)N(C)C(=O)COc3cccc2c3)cc(OC)c1OC. The minimum absolute atomic E-state index is 0.00956. The molecule has 0 aliphatic carbocycles. The number of nitrogens with zero attached hydrogens (tertiary/aromatic N) is 4. The van der Waals surface area contributed by atoms with Crippen LogP contribution < -0.4 is 24.3 Å². The van der Waals surface area contributed by atoms with Crippen LogP contribution in [0.2, 0.25) is 0 Å². The van der Waals surface area contributed by atoms with E-state index < -0.39 is 108 Å². The van der Waals surface area contributed by atoms with Gasteiger partial charge < -0.3 is 58.4 Å². The van der Waals surface area contributed by atoms with Crippen LogP contribution in [0.15, 0.2) is 133 Å². The number of fused-ring (bicyclic) bond motifs is 3. The number of likely N-dealkylation sites (N-methyl/N-ethyl adjacent to an activating group) is 3. The second kappa shape index (κ2) is 32.8. The monoisotopic (exact) mass is 1250 g/mol. The standard InChI is InChI=1S/C70H83N5O16/c1-70(2)45-90-63(80)27-16-17-34-72(3)67(83)54(37-47-22-13-10-14-23-47)71-61(78)43-73(4)66(82)51(36-46-20-11-9-12-21-46)42-57(77)56(38-48-28-31-52(76)32-29-48)74(5)62(79)44-89-53-25-19-24-50(41-53)58(33-30-49-39-59(86-6)64(88-8)60(40-49)87-7)91-69(85)55-26-15-18-35-75(55)68(84)65(70)81/h9-14,16,19-25,27-29,31-32,39-41,51,54-56,58,76H,15,17-18,26,30,33-38,42-45H2,1-8H3,(H,71,78)/t51-,54+,55-,56-,58+/m0/s1. The van der Waals surface area contributed by atoms with Gasteiger partial charge in [0.2, 0.25) is 29.3 Å². The van der Waals surface area contributed by atoms with Crippen molar-refractivity contribution in [2.24, 2.45) is 11.3 Å². The number of benzene rings is 5. The highest BCUT2D eigenvalue weighted by Crippen LogP contribution is 2.40. The van der Waals surface area contributed by atoms with E-state index in [-0.39, 0.29) is 69.5 Å². The number of carbonyl (C=O) groups excluding carboxylic acids is 9. The third-order valence-corrected chi connectivity index (χ3v) is 16.3. The number of phenolic OH excluding ortho intramolecular Hbond substituents is 1. The molecule has 21 nitrogen and oxygen atoms in total. The molecule has 0 aromatic heterocycles. The summed E-state index contributed by atoms with van der Waals surface area (Å²) in [6.07, 6.45) is 3.38. The topological polar surface area (TPSA) is 254 Å². The van der Waals surface area contributed by atoms with Crippen LogP contribution in [0.4, 0.5) is 0 Å². The number of rotatable bonds is 12. The molecule has 5 aromatic carbocycles. The molecule has 484 valence electrons. The van der Waals surface area contributed by atoms with E-state index in [4.69, 9.17) is 28.4 Å². The Balaban J connectivity index is 1.23. The molecule has 5 atom stereocenters.